The first-order valence-electron chi connectivity index (χ1n) is 17.7. The van der Waals surface area contributed by atoms with Crippen molar-refractivity contribution in [1.29, 1.82) is 0 Å². The summed E-state index contributed by atoms with van der Waals surface area (Å²) in [6.07, 6.45) is 7.01. The van der Waals surface area contributed by atoms with Crippen LogP contribution in [-0.4, -0.2) is 94.6 Å². The highest BCUT2D eigenvalue weighted by molar-refractivity contribution is 6.01. The number of hydrogen-bond acceptors (Lipinski definition) is 5. The van der Waals surface area contributed by atoms with Crippen LogP contribution in [0.3, 0.4) is 0 Å². The quantitative estimate of drug-likeness (QED) is 0.369. The molecule has 9 heteroatoms. The van der Waals surface area contributed by atoms with Crippen molar-refractivity contribution in [1.82, 2.24) is 19.6 Å². The Labute approximate surface area is 279 Å². The Hall–Kier alpha value is -3.72. The summed E-state index contributed by atoms with van der Waals surface area (Å²) < 4.78 is 0. The molecule has 0 unspecified atom stereocenters. The monoisotopic (exact) mass is 641 g/mol. The molecule has 1 N–H and O–H groups in total. The van der Waals surface area contributed by atoms with Gasteiger partial charge in [-0.15, -0.1) is 0 Å². The fourth-order valence-electron chi connectivity index (χ4n) is 8.07. The predicted octanol–water partition coefficient (Wildman–Crippen LogP) is 5.79. The molecule has 3 fully saturated rings. The van der Waals surface area contributed by atoms with Gasteiger partial charge in [-0.3, -0.25) is 14.4 Å². The molecule has 3 saturated heterocycles. The number of amides is 4. The summed E-state index contributed by atoms with van der Waals surface area (Å²) in [5.41, 5.74) is 3.55. The number of ketones is 1. The van der Waals surface area contributed by atoms with Crippen molar-refractivity contribution in [2.75, 3.05) is 44.6 Å². The van der Waals surface area contributed by atoms with E-state index in [4.69, 9.17) is 0 Å². The molecule has 0 aromatic heterocycles. The van der Waals surface area contributed by atoms with Crippen LogP contribution >= 0.6 is 0 Å². The van der Waals surface area contributed by atoms with E-state index >= 15 is 0 Å². The second-order valence-corrected chi connectivity index (χ2v) is 14.6. The number of likely N-dealkylation sites (tertiary alicyclic amines) is 3. The number of aryl methyl sites for hydroxylation is 2. The molecule has 47 heavy (non-hydrogen) atoms. The summed E-state index contributed by atoms with van der Waals surface area (Å²) >= 11 is 0. The van der Waals surface area contributed by atoms with Gasteiger partial charge in [-0.25, -0.2) is 4.79 Å². The molecule has 0 radical (unpaired) electrons. The lowest BCUT2D eigenvalue weighted by Gasteiger charge is -2.43. The van der Waals surface area contributed by atoms with Gasteiger partial charge >= 0.3 is 6.03 Å². The van der Waals surface area contributed by atoms with Gasteiger partial charge in [-0.1, -0.05) is 36.8 Å². The molecule has 252 valence electrons. The molecule has 4 aliphatic rings. The smallest absolute Gasteiger partial charge is 0.322 e. The second-order valence-electron chi connectivity index (χ2n) is 14.6. The first-order chi connectivity index (χ1) is 22.6. The Balaban J connectivity index is 1.12. The highest BCUT2D eigenvalue weighted by atomic mass is 16.2. The fourth-order valence-corrected chi connectivity index (χ4v) is 8.07. The van der Waals surface area contributed by atoms with Gasteiger partial charge < -0.3 is 24.9 Å². The second kappa shape index (κ2) is 14.2. The maximum absolute atomic E-state index is 14.3. The van der Waals surface area contributed by atoms with Crippen LogP contribution < -0.4 is 5.32 Å². The van der Waals surface area contributed by atoms with Crippen LogP contribution in [-0.2, 0) is 16.1 Å². The first kappa shape index (κ1) is 33.2. The Kier molecular flexibility index (Phi) is 10.0. The largest absolute Gasteiger partial charge is 0.343 e. The van der Waals surface area contributed by atoms with Crippen LogP contribution in [0.5, 0.6) is 0 Å². The maximum Gasteiger partial charge on any atom is 0.322 e. The number of rotatable bonds is 8. The first-order valence-corrected chi connectivity index (χ1v) is 17.7. The molecule has 0 spiro atoms. The molecular weight excluding hydrogens is 590 g/mol. The molecule has 9 nitrogen and oxygen atoms in total. The summed E-state index contributed by atoms with van der Waals surface area (Å²) in [6.45, 7) is 11.0. The number of carbonyl (C=O) groups is 4. The highest BCUT2D eigenvalue weighted by Crippen LogP contribution is 2.35. The average molecular weight is 642 g/mol. The number of hydrogen-bond donors (Lipinski definition) is 1. The SMILES string of the molecule is Cc1ccc(C(=O)C[C@@](C)(CC(=O)N2CCC(N3Cc4ccccc4NC3=O)CC2)C(=O)N2CCC(N3CCCCC3)CC2)cc1C. The number of carbonyl (C=O) groups excluding carboxylic acids is 4. The van der Waals surface area contributed by atoms with E-state index in [-0.39, 0.29) is 42.5 Å². The molecular formula is C38H51N5O4. The Morgan fingerprint density at radius 2 is 1.45 bits per heavy atom. The zero-order valence-corrected chi connectivity index (χ0v) is 28.4. The number of urea groups is 1. The average Bonchev–Trinajstić information content (AvgIpc) is 3.09. The molecule has 0 saturated carbocycles. The van der Waals surface area contributed by atoms with E-state index < -0.39 is 5.41 Å². The predicted molar refractivity (Wildman–Crippen MR) is 183 cm³/mol. The van der Waals surface area contributed by atoms with Gasteiger partial charge in [0.2, 0.25) is 11.8 Å². The Bertz CT molecular complexity index is 1490. The van der Waals surface area contributed by atoms with Crippen molar-refractivity contribution in [3.05, 3.63) is 64.7 Å². The van der Waals surface area contributed by atoms with Gasteiger partial charge in [-0.2, -0.15) is 0 Å². The van der Waals surface area contributed by atoms with Crippen LogP contribution in [0, 0.1) is 19.3 Å². The van der Waals surface area contributed by atoms with Crippen LogP contribution in [0.25, 0.3) is 0 Å². The zero-order chi connectivity index (χ0) is 33.1. The molecule has 4 aliphatic heterocycles. The molecule has 4 heterocycles. The summed E-state index contributed by atoms with van der Waals surface area (Å²) in [5.74, 6) is -0.280. The summed E-state index contributed by atoms with van der Waals surface area (Å²) in [5, 5.41) is 3.00. The lowest BCUT2D eigenvalue weighted by molar-refractivity contribution is -0.149. The van der Waals surface area contributed by atoms with Gasteiger partial charge in [0.1, 0.15) is 0 Å². The third-order valence-corrected chi connectivity index (χ3v) is 11.2. The molecule has 2 aromatic rings. The number of nitrogens with one attached hydrogen (secondary N) is 1. The molecule has 0 aliphatic carbocycles. The van der Waals surface area contributed by atoms with E-state index in [1.807, 2.05) is 77.9 Å². The van der Waals surface area contributed by atoms with Gasteiger partial charge in [0.05, 0.1) is 5.41 Å². The van der Waals surface area contributed by atoms with E-state index in [0.717, 1.165) is 48.3 Å². The van der Waals surface area contributed by atoms with Crippen LogP contribution in [0.15, 0.2) is 42.5 Å². The van der Waals surface area contributed by atoms with Crippen molar-refractivity contribution >= 4 is 29.3 Å². The minimum atomic E-state index is -1.14. The number of nitrogens with zero attached hydrogens (tertiary/aromatic N) is 4. The van der Waals surface area contributed by atoms with E-state index in [1.165, 1.54) is 19.3 Å². The van der Waals surface area contributed by atoms with E-state index in [0.29, 0.717) is 57.2 Å². The van der Waals surface area contributed by atoms with Crippen molar-refractivity contribution in [3.63, 3.8) is 0 Å². The molecule has 0 bridgehead atoms. The minimum absolute atomic E-state index is 0.00326. The summed E-state index contributed by atoms with van der Waals surface area (Å²) in [6, 6.07) is 14.0. The van der Waals surface area contributed by atoms with Gasteiger partial charge in [-0.05, 0) is 101 Å². The van der Waals surface area contributed by atoms with Crippen LogP contribution in [0.2, 0.25) is 0 Å². The van der Waals surface area contributed by atoms with Crippen LogP contribution in [0.1, 0.15) is 91.8 Å². The van der Waals surface area contributed by atoms with Gasteiger partial charge in [0.25, 0.3) is 0 Å². The van der Waals surface area contributed by atoms with Crippen molar-refractivity contribution in [3.8, 4) is 0 Å². The molecule has 1 atom stereocenters. The highest BCUT2D eigenvalue weighted by Gasteiger charge is 2.43. The van der Waals surface area contributed by atoms with Crippen molar-refractivity contribution < 1.29 is 19.2 Å². The fraction of sp³-hybridized carbons (Fsp3) is 0.579. The van der Waals surface area contributed by atoms with Gasteiger partial charge in [0.15, 0.2) is 5.78 Å². The van der Waals surface area contributed by atoms with Crippen LogP contribution in [0.4, 0.5) is 10.5 Å². The van der Waals surface area contributed by atoms with E-state index in [2.05, 4.69) is 10.2 Å². The minimum Gasteiger partial charge on any atom is -0.343 e. The Morgan fingerprint density at radius 1 is 0.787 bits per heavy atom. The number of piperidine rings is 3. The standard InChI is InChI=1S/C38H51N5O4/c1-27-11-12-29(23-28(27)2)34(44)24-38(3,36(46)42-21-13-31(14-22-42)40-17-7-4-8-18-40)25-35(45)41-19-15-32(16-20-41)43-26-30-9-5-6-10-33(30)39-37(43)47/h5-6,9-12,23,31-32H,4,7-8,13-22,24-26H2,1-3H3,(H,39,47)/t38-/m0/s1. The van der Waals surface area contributed by atoms with E-state index in [9.17, 15) is 19.2 Å². The summed E-state index contributed by atoms with van der Waals surface area (Å²) in [7, 11) is 0. The zero-order valence-electron chi connectivity index (χ0n) is 28.4. The van der Waals surface area contributed by atoms with E-state index in [1.54, 1.807) is 0 Å². The summed E-state index contributed by atoms with van der Waals surface area (Å²) in [4.78, 5) is 63.1. The van der Waals surface area contributed by atoms with Gasteiger partial charge in [0, 0.05) is 68.9 Å². The maximum atomic E-state index is 14.3. The van der Waals surface area contributed by atoms with Crippen molar-refractivity contribution in [2.24, 2.45) is 5.41 Å². The Morgan fingerprint density at radius 3 is 2.15 bits per heavy atom. The number of para-hydroxylation sites is 1. The molecule has 4 amide bonds. The van der Waals surface area contributed by atoms with Crippen molar-refractivity contribution in [2.45, 2.75) is 97.2 Å². The third kappa shape index (κ3) is 7.40. The lowest BCUT2D eigenvalue weighted by Crippen LogP contribution is -2.53. The number of anilines is 1. The number of Topliss-reactive ketones (excluding diaryl/α,β-unsaturated/α-hetero) is 1. The molecule has 6 rings (SSSR count). The topological polar surface area (TPSA) is 93.3 Å². The lowest BCUT2D eigenvalue weighted by atomic mass is 9.77. The number of fused-ring (bicyclic) bond motifs is 1. The number of benzene rings is 2. The third-order valence-electron chi connectivity index (χ3n) is 11.2. The normalized spacial score (nSPS) is 21.2. The molecule has 2 aromatic carbocycles.